The average Bonchev–Trinajstić information content (AvgIpc) is 3.06. The van der Waals surface area contributed by atoms with E-state index in [4.69, 9.17) is 11.6 Å². The SMILES string of the molecule is O=C1CSc2nnc(-c3ccc(Cl)cc3)n2N1C(=O)c1ccncc1. The predicted molar refractivity (Wildman–Crippen MR) is 93.0 cm³/mol. The molecule has 2 aromatic heterocycles. The van der Waals surface area contributed by atoms with Crippen molar-refractivity contribution in [1.82, 2.24) is 19.9 Å². The fraction of sp³-hybridized carbons (Fsp3) is 0.0625. The lowest BCUT2D eigenvalue weighted by Crippen LogP contribution is -2.49. The van der Waals surface area contributed by atoms with Crippen molar-refractivity contribution in [2.24, 2.45) is 0 Å². The van der Waals surface area contributed by atoms with Crippen LogP contribution >= 0.6 is 23.4 Å². The van der Waals surface area contributed by atoms with Crippen LogP contribution in [-0.2, 0) is 4.79 Å². The molecule has 0 radical (unpaired) electrons. The number of benzene rings is 1. The summed E-state index contributed by atoms with van der Waals surface area (Å²) in [4.78, 5) is 29.3. The minimum Gasteiger partial charge on any atom is -0.272 e. The molecular weight excluding hydrogens is 362 g/mol. The van der Waals surface area contributed by atoms with Gasteiger partial charge in [-0.3, -0.25) is 14.6 Å². The van der Waals surface area contributed by atoms with Crippen molar-refractivity contribution in [2.45, 2.75) is 5.16 Å². The second-order valence-corrected chi connectivity index (χ2v) is 6.54. The molecule has 2 amide bonds. The van der Waals surface area contributed by atoms with Gasteiger partial charge < -0.3 is 0 Å². The van der Waals surface area contributed by atoms with Gasteiger partial charge in [-0.15, -0.1) is 10.2 Å². The van der Waals surface area contributed by atoms with Gasteiger partial charge in [-0.25, -0.2) is 0 Å². The van der Waals surface area contributed by atoms with Gasteiger partial charge in [0.25, 0.3) is 11.8 Å². The molecular formula is C16H10ClN5O2S. The number of thioether (sulfide) groups is 1. The number of pyridine rings is 1. The van der Waals surface area contributed by atoms with Crippen LogP contribution in [0.4, 0.5) is 0 Å². The zero-order valence-corrected chi connectivity index (χ0v) is 14.2. The molecule has 1 aromatic carbocycles. The van der Waals surface area contributed by atoms with Crippen LogP contribution in [0.25, 0.3) is 11.4 Å². The minimum atomic E-state index is -0.455. The summed E-state index contributed by atoms with van der Waals surface area (Å²) in [5.74, 6) is -0.275. The first kappa shape index (κ1) is 15.8. The lowest BCUT2D eigenvalue weighted by atomic mass is 10.2. The highest BCUT2D eigenvalue weighted by Gasteiger charge is 2.34. The number of rotatable bonds is 2. The van der Waals surface area contributed by atoms with E-state index in [1.165, 1.54) is 28.8 Å². The summed E-state index contributed by atoms with van der Waals surface area (Å²) >= 11 is 7.17. The van der Waals surface area contributed by atoms with E-state index in [1.54, 1.807) is 36.4 Å². The van der Waals surface area contributed by atoms with Crippen molar-refractivity contribution in [2.75, 3.05) is 10.8 Å². The molecule has 0 atom stereocenters. The number of halogens is 1. The summed E-state index contributed by atoms with van der Waals surface area (Å²) < 4.78 is 1.45. The number of carbonyl (C=O) groups excluding carboxylic acids is 2. The Hall–Kier alpha value is -2.71. The summed E-state index contributed by atoms with van der Waals surface area (Å²) in [6.45, 7) is 0. The Morgan fingerprint density at radius 2 is 1.80 bits per heavy atom. The van der Waals surface area contributed by atoms with Crippen LogP contribution in [0.3, 0.4) is 0 Å². The summed E-state index contributed by atoms with van der Waals surface area (Å²) in [7, 11) is 0. The Morgan fingerprint density at radius 3 is 2.52 bits per heavy atom. The van der Waals surface area contributed by atoms with E-state index in [-0.39, 0.29) is 11.7 Å². The van der Waals surface area contributed by atoms with Crippen molar-refractivity contribution in [3.8, 4) is 11.4 Å². The second-order valence-electron chi connectivity index (χ2n) is 5.16. The van der Waals surface area contributed by atoms with Gasteiger partial charge in [0.1, 0.15) is 0 Å². The quantitative estimate of drug-likeness (QED) is 0.643. The number of carbonyl (C=O) groups is 2. The maximum atomic E-state index is 12.9. The minimum absolute atomic E-state index is 0.121. The van der Waals surface area contributed by atoms with Crippen LogP contribution in [0.5, 0.6) is 0 Å². The molecule has 0 unspecified atom stereocenters. The summed E-state index contributed by atoms with van der Waals surface area (Å²) in [6, 6.07) is 10.1. The van der Waals surface area contributed by atoms with E-state index in [0.29, 0.717) is 27.1 Å². The van der Waals surface area contributed by atoms with Crippen molar-refractivity contribution in [1.29, 1.82) is 0 Å². The van der Waals surface area contributed by atoms with Gasteiger partial charge in [-0.05, 0) is 36.4 Å². The molecule has 9 heteroatoms. The van der Waals surface area contributed by atoms with Gasteiger partial charge in [0, 0.05) is 28.5 Å². The number of hydrogen-bond donors (Lipinski definition) is 0. The first-order chi connectivity index (χ1) is 12.1. The Kier molecular flexibility index (Phi) is 3.98. The van der Waals surface area contributed by atoms with E-state index >= 15 is 0 Å². The third-order valence-electron chi connectivity index (χ3n) is 3.60. The van der Waals surface area contributed by atoms with Gasteiger partial charge in [-0.2, -0.15) is 9.69 Å². The van der Waals surface area contributed by atoms with Crippen LogP contribution in [0.15, 0.2) is 53.9 Å². The highest BCUT2D eigenvalue weighted by molar-refractivity contribution is 7.99. The van der Waals surface area contributed by atoms with E-state index in [2.05, 4.69) is 15.2 Å². The van der Waals surface area contributed by atoms with E-state index in [0.717, 1.165) is 5.01 Å². The zero-order chi connectivity index (χ0) is 17.4. The fourth-order valence-electron chi connectivity index (χ4n) is 2.43. The Labute approximate surface area is 151 Å². The van der Waals surface area contributed by atoms with E-state index < -0.39 is 5.91 Å². The molecule has 0 saturated carbocycles. The fourth-order valence-corrected chi connectivity index (χ4v) is 3.32. The number of aromatic nitrogens is 4. The number of imide groups is 1. The Bertz CT molecular complexity index is 958. The molecule has 124 valence electrons. The van der Waals surface area contributed by atoms with Gasteiger partial charge in [0.05, 0.1) is 5.75 Å². The van der Waals surface area contributed by atoms with Gasteiger partial charge in [0.2, 0.25) is 5.16 Å². The first-order valence-corrected chi connectivity index (χ1v) is 8.63. The van der Waals surface area contributed by atoms with Gasteiger partial charge in [-0.1, -0.05) is 23.4 Å². The summed E-state index contributed by atoms with van der Waals surface area (Å²) in [6.07, 6.45) is 3.01. The van der Waals surface area contributed by atoms with Gasteiger partial charge in [0.15, 0.2) is 5.82 Å². The normalized spacial score (nSPS) is 13.6. The van der Waals surface area contributed by atoms with Crippen LogP contribution in [0, 0.1) is 0 Å². The molecule has 25 heavy (non-hydrogen) atoms. The summed E-state index contributed by atoms with van der Waals surface area (Å²) in [5.41, 5.74) is 1.06. The average molecular weight is 372 g/mol. The lowest BCUT2D eigenvalue weighted by molar-refractivity contribution is -0.117. The monoisotopic (exact) mass is 371 g/mol. The molecule has 0 fully saturated rings. The molecule has 1 aliphatic heterocycles. The first-order valence-electron chi connectivity index (χ1n) is 7.27. The standard InChI is InChI=1S/C16H10ClN5O2S/c17-12-3-1-10(2-4-12)14-19-20-16-22(14)21(13(23)9-25-16)15(24)11-5-7-18-8-6-11/h1-8H,9H2. The molecule has 0 spiro atoms. The third-order valence-corrected chi connectivity index (χ3v) is 4.75. The van der Waals surface area contributed by atoms with Crippen LogP contribution in [-0.4, -0.2) is 37.4 Å². The second kappa shape index (κ2) is 6.30. The number of amides is 2. The number of hydrogen-bond acceptors (Lipinski definition) is 6. The van der Waals surface area contributed by atoms with Crippen molar-refractivity contribution < 1.29 is 9.59 Å². The van der Waals surface area contributed by atoms with Gasteiger partial charge >= 0.3 is 0 Å². The lowest BCUT2D eigenvalue weighted by Gasteiger charge is -2.27. The smallest absolute Gasteiger partial charge is 0.272 e. The van der Waals surface area contributed by atoms with Crippen molar-refractivity contribution in [3.05, 3.63) is 59.4 Å². The molecule has 0 aliphatic carbocycles. The molecule has 0 saturated heterocycles. The highest BCUT2D eigenvalue weighted by Crippen LogP contribution is 2.29. The Morgan fingerprint density at radius 1 is 1.08 bits per heavy atom. The molecule has 0 bridgehead atoms. The molecule has 0 N–H and O–H groups in total. The molecule has 4 rings (SSSR count). The maximum Gasteiger partial charge on any atom is 0.280 e. The van der Waals surface area contributed by atoms with Crippen molar-refractivity contribution >= 4 is 35.2 Å². The number of fused-ring (bicyclic) bond motifs is 1. The van der Waals surface area contributed by atoms with Crippen LogP contribution in [0.2, 0.25) is 5.02 Å². The zero-order valence-electron chi connectivity index (χ0n) is 12.7. The summed E-state index contributed by atoms with van der Waals surface area (Å²) in [5, 5.41) is 10.4. The van der Waals surface area contributed by atoms with E-state index in [9.17, 15) is 9.59 Å². The van der Waals surface area contributed by atoms with Crippen LogP contribution in [0.1, 0.15) is 10.4 Å². The largest absolute Gasteiger partial charge is 0.280 e. The molecule has 3 aromatic rings. The van der Waals surface area contributed by atoms with E-state index in [1.807, 2.05) is 0 Å². The number of nitrogens with zero attached hydrogens (tertiary/aromatic N) is 5. The maximum absolute atomic E-state index is 12.9. The molecule has 1 aliphatic rings. The molecule has 3 heterocycles. The van der Waals surface area contributed by atoms with Crippen LogP contribution < -0.4 is 5.01 Å². The topological polar surface area (TPSA) is 81.0 Å². The Balaban J connectivity index is 1.83. The molecule has 7 nitrogen and oxygen atoms in total. The third kappa shape index (κ3) is 2.79. The van der Waals surface area contributed by atoms with Crippen molar-refractivity contribution in [3.63, 3.8) is 0 Å². The highest BCUT2D eigenvalue weighted by atomic mass is 35.5. The predicted octanol–water partition coefficient (Wildman–Crippen LogP) is 2.40.